The van der Waals surface area contributed by atoms with Crippen molar-refractivity contribution < 1.29 is 4.39 Å². The fourth-order valence-electron chi connectivity index (χ4n) is 4.00. The van der Waals surface area contributed by atoms with Gasteiger partial charge in [-0.1, -0.05) is 12.5 Å². The lowest BCUT2D eigenvalue weighted by Crippen LogP contribution is -2.30. The maximum Gasteiger partial charge on any atom is 0.137 e. The summed E-state index contributed by atoms with van der Waals surface area (Å²) < 4.78 is 14.1. The number of hydrazine groups is 1. The number of hydrogen-bond acceptors (Lipinski definition) is 2. The van der Waals surface area contributed by atoms with Crippen LogP contribution in [-0.2, 0) is 0 Å². The number of hydrogen-bond donors (Lipinski definition) is 2. The summed E-state index contributed by atoms with van der Waals surface area (Å²) in [4.78, 5) is 0. The van der Waals surface area contributed by atoms with E-state index in [1.165, 1.54) is 25.7 Å². The average molecular weight is 327 g/mol. The Morgan fingerprint density at radius 1 is 1.37 bits per heavy atom. The lowest BCUT2D eigenvalue weighted by molar-refractivity contribution is 0.280. The SMILES string of the molecule is NNC(CC1CC2CCC1C2)c1ccc(Br)c(F)c1. The zero-order valence-corrected chi connectivity index (χ0v) is 12.5. The summed E-state index contributed by atoms with van der Waals surface area (Å²) in [7, 11) is 0. The third kappa shape index (κ3) is 2.71. The lowest BCUT2D eigenvalue weighted by atomic mass is 9.83. The van der Waals surface area contributed by atoms with Gasteiger partial charge in [0.05, 0.1) is 4.47 Å². The van der Waals surface area contributed by atoms with Crippen LogP contribution < -0.4 is 11.3 Å². The van der Waals surface area contributed by atoms with E-state index < -0.39 is 0 Å². The van der Waals surface area contributed by atoms with E-state index in [0.29, 0.717) is 4.47 Å². The fourth-order valence-corrected chi connectivity index (χ4v) is 4.24. The summed E-state index contributed by atoms with van der Waals surface area (Å²) in [5.41, 5.74) is 3.82. The van der Waals surface area contributed by atoms with Crippen LogP contribution in [0.1, 0.15) is 43.7 Å². The topological polar surface area (TPSA) is 38.0 Å². The fraction of sp³-hybridized carbons (Fsp3) is 0.600. The molecule has 1 aromatic rings. The van der Waals surface area contributed by atoms with Gasteiger partial charge in [0.1, 0.15) is 5.82 Å². The minimum Gasteiger partial charge on any atom is -0.271 e. The van der Waals surface area contributed by atoms with Crippen molar-refractivity contribution in [2.45, 2.75) is 38.1 Å². The molecule has 4 heteroatoms. The van der Waals surface area contributed by atoms with Gasteiger partial charge in [0.2, 0.25) is 0 Å². The molecule has 2 nitrogen and oxygen atoms in total. The summed E-state index contributed by atoms with van der Waals surface area (Å²) in [6, 6.07) is 5.36. The Balaban J connectivity index is 1.71. The van der Waals surface area contributed by atoms with Crippen LogP contribution in [0.25, 0.3) is 0 Å². The van der Waals surface area contributed by atoms with Crippen molar-refractivity contribution >= 4 is 15.9 Å². The first-order valence-electron chi connectivity index (χ1n) is 7.08. The highest BCUT2D eigenvalue weighted by Gasteiger charge is 2.40. The monoisotopic (exact) mass is 326 g/mol. The van der Waals surface area contributed by atoms with Crippen LogP contribution in [0.15, 0.2) is 22.7 Å². The maximum absolute atomic E-state index is 13.6. The molecule has 3 rings (SSSR count). The normalized spacial score (nSPS) is 30.8. The van der Waals surface area contributed by atoms with Crippen LogP contribution >= 0.6 is 15.9 Å². The van der Waals surface area contributed by atoms with Crippen LogP contribution in [-0.4, -0.2) is 0 Å². The Hall–Kier alpha value is -0.450. The highest BCUT2D eigenvalue weighted by molar-refractivity contribution is 9.10. The zero-order chi connectivity index (χ0) is 13.4. The second-order valence-electron chi connectivity index (χ2n) is 6.06. The second kappa shape index (κ2) is 5.51. The minimum atomic E-state index is -0.217. The van der Waals surface area contributed by atoms with Crippen molar-refractivity contribution in [1.82, 2.24) is 5.43 Å². The van der Waals surface area contributed by atoms with Gasteiger partial charge in [-0.3, -0.25) is 11.3 Å². The number of nitrogens with one attached hydrogen (secondary N) is 1. The van der Waals surface area contributed by atoms with Gasteiger partial charge in [0.15, 0.2) is 0 Å². The Bertz CT molecular complexity index is 465. The van der Waals surface area contributed by atoms with Crippen molar-refractivity contribution in [2.75, 3.05) is 0 Å². The first-order valence-corrected chi connectivity index (χ1v) is 7.87. The van der Waals surface area contributed by atoms with Gasteiger partial charge in [-0.05, 0) is 77.1 Å². The van der Waals surface area contributed by atoms with Crippen molar-refractivity contribution in [1.29, 1.82) is 0 Å². The Morgan fingerprint density at radius 2 is 2.21 bits per heavy atom. The van der Waals surface area contributed by atoms with E-state index in [1.807, 2.05) is 6.07 Å². The van der Waals surface area contributed by atoms with Crippen molar-refractivity contribution in [3.05, 3.63) is 34.1 Å². The Labute approximate surface area is 122 Å². The Morgan fingerprint density at radius 3 is 2.79 bits per heavy atom. The molecule has 0 heterocycles. The number of rotatable bonds is 4. The van der Waals surface area contributed by atoms with E-state index in [-0.39, 0.29) is 11.9 Å². The number of nitrogens with two attached hydrogens (primary N) is 1. The third-order valence-electron chi connectivity index (χ3n) is 4.97. The van der Waals surface area contributed by atoms with Crippen LogP contribution in [0, 0.1) is 23.6 Å². The number of fused-ring (bicyclic) bond motifs is 2. The van der Waals surface area contributed by atoms with E-state index in [4.69, 9.17) is 5.84 Å². The van der Waals surface area contributed by atoms with E-state index in [1.54, 1.807) is 12.1 Å². The molecule has 0 saturated heterocycles. The van der Waals surface area contributed by atoms with Gasteiger partial charge in [-0.2, -0.15) is 0 Å². The highest BCUT2D eigenvalue weighted by atomic mass is 79.9. The largest absolute Gasteiger partial charge is 0.271 e. The van der Waals surface area contributed by atoms with Crippen LogP contribution in [0.3, 0.4) is 0 Å². The van der Waals surface area contributed by atoms with Crippen molar-refractivity contribution in [3.8, 4) is 0 Å². The summed E-state index contributed by atoms with van der Waals surface area (Å²) in [6.07, 6.45) is 6.55. The quantitative estimate of drug-likeness (QED) is 0.650. The number of halogens is 2. The Kier molecular flexibility index (Phi) is 3.92. The molecule has 19 heavy (non-hydrogen) atoms. The molecule has 2 aliphatic rings. The molecule has 4 unspecified atom stereocenters. The van der Waals surface area contributed by atoms with E-state index >= 15 is 0 Å². The number of benzene rings is 1. The molecule has 4 atom stereocenters. The molecule has 1 aromatic carbocycles. The summed E-state index contributed by atoms with van der Waals surface area (Å²) in [6.45, 7) is 0. The van der Waals surface area contributed by atoms with Gasteiger partial charge in [-0.15, -0.1) is 0 Å². The maximum atomic E-state index is 13.6. The summed E-state index contributed by atoms with van der Waals surface area (Å²) in [5, 5.41) is 0. The van der Waals surface area contributed by atoms with E-state index in [9.17, 15) is 4.39 Å². The molecule has 0 aliphatic heterocycles. The van der Waals surface area contributed by atoms with Crippen LogP contribution in [0.4, 0.5) is 4.39 Å². The second-order valence-corrected chi connectivity index (χ2v) is 6.92. The van der Waals surface area contributed by atoms with Crippen LogP contribution in [0.5, 0.6) is 0 Å². The zero-order valence-electron chi connectivity index (χ0n) is 10.9. The molecule has 2 saturated carbocycles. The average Bonchev–Trinajstić information content (AvgIpc) is 3.01. The van der Waals surface area contributed by atoms with Gasteiger partial charge < -0.3 is 0 Å². The van der Waals surface area contributed by atoms with Gasteiger partial charge in [0, 0.05) is 6.04 Å². The third-order valence-corrected chi connectivity index (χ3v) is 5.61. The van der Waals surface area contributed by atoms with Crippen molar-refractivity contribution in [3.63, 3.8) is 0 Å². The molecule has 2 aliphatic carbocycles. The smallest absolute Gasteiger partial charge is 0.137 e. The highest BCUT2D eigenvalue weighted by Crippen LogP contribution is 2.50. The molecule has 0 amide bonds. The van der Waals surface area contributed by atoms with Gasteiger partial charge in [0.25, 0.3) is 0 Å². The predicted molar refractivity (Wildman–Crippen MR) is 77.7 cm³/mol. The molecule has 0 radical (unpaired) electrons. The molecule has 104 valence electrons. The summed E-state index contributed by atoms with van der Waals surface area (Å²) in [5.74, 6) is 8.04. The molecule has 0 aromatic heterocycles. The van der Waals surface area contributed by atoms with E-state index in [0.717, 1.165) is 29.7 Å². The van der Waals surface area contributed by atoms with Gasteiger partial charge in [-0.25, -0.2) is 4.39 Å². The van der Waals surface area contributed by atoms with Crippen LogP contribution in [0.2, 0.25) is 0 Å². The predicted octanol–water partition coefficient (Wildman–Crippen LogP) is 3.92. The molecular formula is C15H20BrFN2. The summed E-state index contributed by atoms with van der Waals surface area (Å²) >= 11 is 3.19. The standard InChI is InChI=1S/C15H20BrFN2/c16-13-4-3-11(7-14(13)17)15(19-18)8-12-6-9-1-2-10(12)5-9/h3-4,7,9-10,12,15,19H,1-2,5-6,8,18H2. The molecule has 2 bridgehead atoms. The minimum absolute atomic E-state index is 0.0620. The van der Waals surface area contributed by atoms with E-state index in [2.05, 4.69) is 21.4 Å². The van der Waals surface area contributed by atoms with Gasteiger partial charge >= 0.3 is 0 Å². The lowest BCUT2D eigenvalue weighted by Gasteiger charge is -2.26. The molecule has 2 fully saturated rings. The molecule has 0 spiro atoms. The molecule has 3 N–H and O–H groups in total. The van der Waals surface area contributed by atoms with Crippen molar-refractivity contribution in [2.24, 2.45) is 23.6 Å². The first kappa shape index (κ1) is 13.5. The first-order chi connectivity index (χ1) is 9.17. The molecular weight excluding hydrogens is 307 g/mol.